The smallest absolute Gasteiger partial charge is 0.264 e. The van der Waals surface area contributed by atoms with E-state index >= 15 is 0 Å². The van der Waals surface area contributed by atoms with E-state index in [1.807, 2.05) is 10.8 Å². The van der Waals surface area contributed by atoms with Crippen LogP contribution in [0.15, 0.2) is 47.4 Å². The Bertz CT molecular complexity index is 1250. The second-order valence-corrected chi connectivity index (χ2v) is 12.3. The Balaban J connectivity index is 1.82. The standard InChI is InChI=1S/C28H38ClN3O5S2/c1-19(2)16-22(18-38)28(35)31-15-14-30-27(34)11-7-4-8-21-12-13-23(25(29)17-21)24-9-5-6-10-26(24)39(36,37)32-20(3)33/h5-6,9-10,12-13,17,19,22,38H,4,7-8,11,14-16,18H2,1-3H3,(H,30,34)(H,31,35)(H,32,33)/t22-/m1/s1. The van der Waals surface area contributed by atoms with Gasteiger partial charge in [-0.15, -0.1) is 0 Å². The highest BCUT2D eigenvalue weighted by molar-refractivity contribution is 7.90. The molecule has 0 saturated carbocycles. The summed E-state index contributed by atoms with van der Waals surface area (Å²) in [5, 5.41) is 6.08. The molecule has 2 rings (SSSR count). The third kappa shape index (κ3) is 10.8. The largest absolute Gasteiger partial charge is 0.354 e. The number of unbranched alkanes of at least 4 members (excludes halogenated alkanes) is 1. The monoisotopic (exact) mass is 595 g/mol. The Labute approximate surface area is 242 Å². The first-order valence-corrected chi connectivity index (χ1v) is 15.5. The Morgan fingerprint density at radius 3 is 2.31 bits per heavy atom. The van der Waals surface area contributed by atoms with Crippen LogP contribution >= 0.6 is 24.2 Å². The lowest BCUT2D eigenvalue weighted by atomic mass is 9.98. The number of carbonyl (C=O) groups is 3. The summed E-state index contributed by atoms with van der Waals surface area (Å²) in [5.41, 5.74) is 1.91. The number of hydrogen-bond acceptors (Lipinski definition) is 6. The summed E-state index contributed by atoms with van der Waals surface area (Å²) in [4.78, 5) is 35.7. The van der Waals surface area contributed by atoms with Gasteiger partial charge in [0.1, 0.15) is 0 Å². The topological polar surface area (TPSA) is 121 Å². The van der Waals surface area contributed by atoms with Crippen molar-refractivity contribution in [1.29, 1.82) is 0 Å². The molecule has 0 unspecified atom stereocenters. The number of nitrogens with one attached hydrogen (secondary N) is 3. The Kier molecular flexibility index (Phi) is 13.3. The maximum absolute atomic E-state index is 12.6. The molecule has 214 valence electrons. The van der Waals surface area contributed by atoms with Crippen LogP contribution in [0.5, 0.6) is 0 Å². The average molecular weight is 596 g/mol. The molecular formula is C28H38ClN3O5S2. The summed E-state index contributed by atoms with van der Waals surface area (Å²) in [5.74, 6) is 0.0126. The minimum Gasteiger partial charge on any atom is -0.354 e. The predicted octanol–water partition coefficient (Wildman–Crippen LogP) is 4.37. The van der Waals surface area contributed by atoms with E-state index in [9.17, 15) is 22.8 Å². The van der Waals surface area contributed by atoms with E-state index in [0.717, 1.165) is 25.3 Å². The van der Waals surface area contributed by atoms with Crippen LogP contribution in [-0.2, 0) is 30.8 Å². The van der Waals surface area contributed by atoms with Gasteiger partial charge in [0.15, 0.2) is 0 Å². The fourth-order valence-electron chi connectivity index (χ4n) is 4.17. The van der Waals surface area contributed by atoms with E-state index in [0.29, 0.717) is 60.2 Å². The van der Waals surface area contributed by atoms with Crippen molar-refractivity contribution in [2.24, 2.45) is 11.8 Å². The van der Waals surface area contributed by atoms with Crippen LogP contribution in [0.25, 0.3) is 11.1 Å². The van der Waals surface area contributed by atoms with Crippen LogP contribution in [0, 0.1) is 11.8 Å². The van der Waals surface area contributed by atoms with E-state index in [4.69, 9.17) is 11.6 Å². The molecule has 11 heteroatoms. The summed E-state index contributed by atoms with van der Waals surface area (Å²) in [6, 6.07) is 11.8. The third-order valence-corrected chi connectivity index (χ3v) is 8.24. The number of carbonyl (C=O) groups excluding carboxylic acids is 3. The summed E-state index contributed by atoms with van der Waals surface area (Å²) >= 11 is 10.8. The molecule has 1 atom stereocenters. The van der Waals surface area contributed by atoms with Crippen molar-refractivity contribution >= 4 is 52.0 Å². The van der Waals surface area contributed by atoms with Crippen molar-refractivity contribution in [2.75, 3.05) is 18.8 Å². The molecule has 0 spiro atoms. The number of amides is 3. The van der Waals surface area contributed by atoms with Crippen LogP contribution in [0.1, 0.15) is 52.0 Å². The number of benzene rings is 2. The van der Waals surface area contributed by atoms with Gasteiger partial charge >= 0.3 is 0 Å². The van der Waals surface area contributed by atoms with Gasteiger partial charge in [0.25, 0.3) is 10.0 Å². The van der Waals surface area contributed by atoms with E-state index in [2.05, 4.69) is 37.1 Å². The normalized spacial score (nSPS) is 12.2. The summed E-state index contributed by atoms with van der Waals surface area (Å²) < 4.78 is 27.2. The van der Waals surface area contributed by atoms with E-state index in [1.165, 1.54) is 6.07 Å². The summed E-state index contributed by atoms with van der Waals surface area (Å²) in [6.07, 6.45) is 3.32. The highest BCUT2D eigenvalue weighted by Crippen LogP contribution is 2.33. The molecular weight excluding hydrogens is 558 g/mol. The van der Waals surface area contributed by atoms with Gasteiger partial charge in [-0.05, 0) is 49.3 Å². The average Bonchev–Trinajstić information content (AvgIpc) is 2.87. The molecule has 0 radical (unpaired) electrons. The fourth-order valence-corrected chi connectivity index (χ4v) is 6.00. The number of thiol groups is 1. The second-order valence-electron chi connectivity index (χ2n) is 9.83. The lowest BCUT2D eigenvalue weighted by molar-refractivity contribution is -0.125. The summed E-state index contributed by atoms with van der Waals surface area (Å²) in [6.45, 7) is 6.04. The van der Waals surface area contributed by atoms with Gasteiger partial charge in [-0.1, -0.05) is 55.8 Å². The zero-order valence-corrected chi connectivity index (χ0v) is 25.1. The van der Waals surface area contributed by atoms with Crippen molar-refractivity contribution in [1.82, 2.24) is 15.4 Å². The highest BCUT2D eigenvalue weighted by Gasteiger charge is 2.21. The van der Waals surface area contributed by atoms with Gasteiger partial charge in [-0.3, -0.25) is 14.4 Å². The molecule has 3 N–H and O–H groups in total. The van der Waals surface area contributed by atoms with Crippen molar-refractivity contribution < 1.29 is 22.8 Å². The van der Waals surface area contributed by atoms with E-state index in [1.54, 1.807) is 30.3 Å². The van der Waals surface area contributed by atoms with Crippen LogP contribution in [-0.4, -0.2) is 45.0 Å². The maximum atomic E-state index is 12.6. The molecule has 0 fully saturated rings. The SMILES string of the molecule is CC(=O)NS(=O)(=O)c1ccccc1-c1ccc(CCCCC(=O)NCCNC(=O)[C@@H](CS)CC(C)C)cc1Cl. The minimum absolute atomic E-state index is 0.0301. The molecule has 2 aromatic rings. The number of rotatable bonds is 15. The number of halogens is 1. The molecule has 2 aromatic carbocycles. The van der Waals surface area contributed by atoms with Gasteiger partial charge in [0.05, 0.1) is 4.90 Å². The molecule has 0 aliphatic heterocycles. The molecule has 39 heavy (non-hydrogen) atoms. The third-order valence-electron chi connectivity index (χ3n) is 5.99. The zero-order chi connectivity index (χ0) is 29.0. The Morgan fingerprint density at radius 2 is 1.67 bits per heavy atom. The van der Waals surface area contributed by atoms with Crippen LogP contribution in [0.3, 0.4) is 0 Å². The molecule has 0 heterocycles. The second kappa shape index (κ2) is 15.9. The van der Waals surface area contributed by atoms with Crippen molar-refractivity contribution in [2.45, 2.75) is 57.8 Å². The molecule has 8 nitrogen and oxygen atoms in total. The van der Waals surface area contributed by atoms with E-state index in [-0.39, 0.29) is 22.6 Å². The molecule has 0 saturated heterocycles. The van der Waals surface area contributed by atoms with Crippen LogP contribution < -0.4 is 15.4 Å². The highest BCUT2D eigenvalue weighted by atomic mass is 35.5. The lowest BCUT2D eigenvalue weighted by Crippen LogP contribution is -2.38. The maximum Gasteiger partial charge on any atom is 0.264 e. The molecule has 0 aromatic heterocycles. The van der Waals surface area contributed by atoms with Crippen molar-refractivity contribution in [3.8, 4) is 11.1 Å². The van der Waals surface area contributed by atoms with Gasteiger partial charge in [-0.2, -0.15) is 12.6 Å². The van der Waals surface area contributed by atoms with Gasteiger partial charge < -0.3 is 10.6 Å². The van der Waals surface area contributed by atoms with E-state index < -0.39 is 15.9 Å². The molecule has 0 bridgehead atoms. The molecule has 0 aliphatic rings. The first-order chi connectivity index (χ1) is 18.4. The van der Waals surface area contributed by atoms with Crippen molar-refractivity contribution in [3.63, 3.8) is 0 Å². The predicted molar refractivity (Wildman–Crippen MR) is 158 cm³/mol. The first kappa shape index (κ1) is 32.7. The van der Waals surface area contributed by atoms with Gasteiger partial charge in [-0.25, -0.2) is 13.1 Å². The lowest BCUT2D eigenvalue weighted by Gasteiger charge is -2.16. The minimum atomic E-state index is -4.03. The van der Waals surface area contributed by atoms with Crippen molar-refractivity contribution in [3.05, 3.63) is 53.1 Å². The zero-order valence-electron chi connectivity index (χ0n) is 22.6. The molecule has 3 amide bonds. The van der Waals surface area contributed by atoms with Gasteiger partial charge in [0, 0.05) is 54.3 Å². The van der Waals surface area contributed by atoms with Crippen LogP contribution in [0.2, 0.25) is 5.02 Å². The number of sulfonamides is 1. The molecule has 0 aliphatic carbocycles. The quantitative estimate of drug-likeness (QED) is 0.180. The van der Waals surface area contributed by atoms with Gasteiger partial charge in [0.2, 0.25) is 17.7 Å². The fraction of sp³-hybridized carbons (Fsp3) is 0.464. The first-order valence-electron chi connectivity index (χ1n) is 13.0. The Hall–Kier alpha value is -2.56. The van der Waals surface area contributed by atoms with Crippen LogP contribution in [0.4, 0.5) is 0 Å². The number of hydrogen-bond donors (Lipinski definition) is 4. The summed E-state index contributed by atoms with van der Waals surface area (Å²) in [7, 11) is -4.03. The Morgan fingerprint density at radius 1 is 0.974 bits per heavy atom. The number of aryl methyl sites for hydroxylation is 1.